The Labute approximate surface area is 139 Å². The highest BCUT2D eigenvalue weighted by molar-refractivity contribution is 5.73. The van der Waals surface area contributed by atoms with Gasteiger partial charge in [-0.3, -0.25) is 4.79 Å². The van der Waals surface area contributed by atoms with Gasteiger partial charge in [0, 0.05) is 5.41 Å². The van der Waals surface area contributed by atoms with E-state index in [1.54, 1.807) is 5.57 Å². The topological polar surface area (TPSA) is 35.5 Å². The van der Waals surface area contributed by atoms with Gasteiger partial charge in [0.05, 0.1) is 12.0 Å². The van der Waals surface area contributed by atoms with E-state index in [4.69, 9.17) is 9.47 Å². The molecule has 4 atom stereocenters. The number of hydrogen-bond donors (Lipinski definition) is 0. The second-order valence-corrected chi connectivity index (χ2v) is 9.34. The normalized spacial score (nSPS) is 48.4. The van der Waals surface area contributed by atoms with Gasteiger partial charge < -0.3 is 9.47 Å². The van der Waals surface area contributed by atoms with Crippen LogP contribution in [0.3, 0.4) is 0 Å². The molecule has 0 radical (unpaired) electrons. The van der Waals surface area contributed by atoms with Crippen LogP contribution in [0.15, 0.2) is 11.6 Å². The Morgan fingerprint density at radius 3 is 2.61 bits per heavy atom. The van der Waals surface area contributed by atoms with Crippen molar-refractivity contribution >= 4 is 5.97 Å². The van der Waals surface area contributed by atoms with Gasteiger partial charge in [0.25, 0.3) is 0 Å². The fourth-order valence-electron chi connectivity index (χ4n) is 6.31. The van der Waals surface area contributed by atoms with Gasteiger partial charge >= 0.3 is 5.97 Å². The van der Waals surface area contributed by atoms with E-state index >= 15 is 0 Å². The zero-order valence-corrected chi connectivity index (χ0v) is 15.0. The molecule has 0 N–H and O–H groups in total. The van der Waals surface area contributed by atoms with Crippen molar-refractivity contribution < 1.29 is 14.3 Å². The predicted octanol–water partition coefficient (Wildman–Crippen LogP) is 4.40. The van der Waals surface area contributed by atoms with Crippen LogP contribution in [0.1, 0.15) is 72.6 Å². The molecule has 3 heteroatoms. The SMILES string of the molecule is C[C@@H]1CC=C2C(C)(C)CCC[C@]2(C)[C@@]12CC[C@]1(COC(=O)C1)O2. The number of fused-ring (bicyclic) bond motifs is 2. The van der Waals surface area contributed by atoms with E-state index in [0.29, 0.717) is 18.9 Å². The molecule has 0 unspecified atom stereocenters. The minimum Gasteiger partial charge on any atom is -0.463 e. The molecule has 0 aromatic heterocycles. The van der Waals surface area contributed by atoms with E-state index in [-0.39, 0.29) is 28.0 Å². The Morgan fingerprint density at radius 1 is 1.13 bits per heavy atom. The molecule has 23 heavy (non-hydrogen) atoms. The van der Waals surface area contributed by atoms with E-state index in [0.717, 1.165) is 19.3 Å². The van der Waals surface area contributed by atoms with Gasteiger partial charge in [-0.05, 0) is 43.4 Å². The minimum atomic E-state index is -0.349. The molecule has 1 saturated carbocycles. The van der Waals surface area contributed by atoms with Crippen molar-refractivity contribution in [3.63, 3.8) is 0 Å². The van der Waals surface area contributed by atoms with Crippen molar-refractivity contribution in [2.24, 2.45) is 16.7 Å². The smallest absolute Gasteiger partial charge is 0.308 e. The van der Waals surface area contributed by atoms with Gasteiger partial charge in [-0.15, -0.1) is 0 Å². The first-order valence-corrected chi connectivity index (χ1v) is 9.30. The van der Waals surface area contributed by atoms with Crippen LogP contribution in [0, 0.1) is 16.7 Å². The molecule has 2 spiro atoms. The maximum atomic E-state index is 11.7. The number of esters is 1. The average molecular weight is 318 g/mol. The third kappa shape index (κ3) is 1.95. The van der Waals surface area contributed by atoms with Gasteiger partial charge in [0.1, 0.15) is 12.2 Å². The fraction of sp³-hybridized carbons (Fsp3) is 0.850. The summed E-state index contributed by atoms with van der Waals surface area (Å²) in [7, 11) is 0. The van der Waals surface area contributed by atoms with Crippen LogP contribution in [0.2, 0.25) is 0 Å². The van der Waals surface area contributed by atoms with Crippen molar-refractivity contribution in [3.05, 3.63) is 11.6 Å². The summed E-state index contributed by atoms with van der Waals surface area (Å²) in [4.78, 5) is 11.7. The number of carbonyl (C=O) groups excluding carboxylic acids is 1. The third-order valence-corrected chi connectivity index (χ3v) is 7.52. The minimum absolute atomic E-state index is 0.0876. The number of cyclic esters (lactones) is 1. The third-order valence-electron chi connectivity index (χ3n) is 7.52. The first-order valence-electron chi connectivity index (χ1n) is 9.30. The van der Waals surface area contributed by atoms with Gasteiger partial charge in [0.2, 0.25) is 0 Å². The summed E-state index contributed by atoms with van der Waals surface area (Å²) in [6.45, 7) is 10.0. The Morgan fingerprint density at radius 2 is 1.91 bits per heavy atom. The molecule has 4 rings (SSSR count). The monoisotopic (exact) mass is 318 g/mol. The molecule has 0 aromatic rings. The Bertz CT molecular complexity index is 577. The van der Waals surface area contributed by atoms with Crippen molar-refractivity contribution in [3.8, 4) is 0 Å². The van der Waals surface area contributed by atoms with Gasteiger partial charge in [0.15, 0.2) is 0 Å². The summed E-state index contributed by atoms with van der Waals surface area (Å²) in [6.07, 6.45) is 9.82. The predicted molar refractivity (Wildman–Crippen MR) is 89.0 cm³/mol. The molecule has 3 fully saturated rings. The summed E-state index contributed by atoms with van der Waals surface area (Å²) in [6, 6.07) is 0. The lowest BCUT2D eigenvalue weighted by atomic mass is 9.49. The van der Waals surface area contributed by atoms with Crippen molar-refractivity contribution in [2.75, 3.05) is 6.61 Å². The molecule has 3 nitrogen and oxygen atoms in total. The lowest BCUT2D eigenvalue weighted by Crippen LogP contribution is -2.58. The van der Waals surface area contributed by atoms with E-state index in [2.05, 4.69) is 33.8 Å². The molecule has 2 saturated heterocycles. The Balaban J connectivity index is 1.76. The van der Waals surface area contributed by atoms with E-state index in [1.807, 2.05) is 0 Å². The van der Waals surface area contributed by atoms with Crippen molar-refractivity contribution in [1.29, 1.82) is 0 Å². The van der Waals surface area contributed by atoms with E-state index in [1.165, 1.54) is 19.3 Å². The zero-order chi connectivity index (χ0) is 16.5. The number of rotatable bonds is 0. The number of hydrogen-bond acceptors (Lipinski definition) is 3. The lowest BCUT2D eigenvalue weighted by molar-refractivity contribution is -0.191. The molecule has 2 aliphatic carbocycles. The highest BCUT2D eigenvalue weighted by Crippen LogP contribution is 2.66. The molecule has 128 valence electrons. The lowest BCUT2D eigenvalue weighted by Gasteiger charge is -2.59. The van der Waals surface area contributed by atoms with E-state index in [9.17, 15) is 4.79 Å². The van der Waals surface area contributed by atoms with Crippen LogP contribution in [-0.4, -0.2) is 23.8 Å². The van der Waals surface area contributed by atoms with Crippen LogP contribution >= 0.6 is 0 Å². The Hall–Kier alpha value is -0.830. The summed E-state index contributed by atoms with van der Waals surface area (Å²) >= 11 is 0. The maximum Gasteiger partial charge on any atom is 0.308 e. The van der Waals surface area contributed by atoms with Crippen LogP contribution in [0.25, 0.3) is 0 Å². The second kappa shape index (κ2) is 4.62. The molecule has 0 aromatic carbocycles. The molecular formula is C20H30O3. The van der Waals surface area contributed by atoms with Crippen LogP contribution < -0.4 is 0 Å². The van der Waals surface area contributed by atoms with Gasteiger partial charge in [-0.2, -0.15) is 0 Å². The zero-order valence-electron chi connectivity index (χ0n) is 15.0. The summed E-state index contributed by atoms with van der Waals surface area (Å²) in [5.74, 6) is 0.413. The number of carbonyl (C=O) groups is 1. The first kappa shape index (κ1) is 15.7. The van der Waals surface area contributed by atoms with Crippen LogP contribution in [0.5, 0.6) is 0 Å². The fourth-order valence-corrected chi connectivity index (χ4v) is 6.31. The second-order valence-electron chi connectivity index (χ2n) is 9.34. The average Bonchev–Trinajstić information content (AvgIpc) is 3.01. The van der Waals surface area contributed by atoms with E-state index < -0.39 is 0 Å². The summed E-state index contributed by atoms with van der Waals surface area (Å²) in [5.41, 5.74) is 1.50. The molecule has 2 heterocycles. The molecule has 0 amide bonds. The maximum absolute atomic E-state index is 11.7. The van der Waals surface area contributed by atoms with Crippen molar-refractivity contribution in [2.45, 2.75) is 83.8 Å². The molecule has 2 aliphatic heterocycles. The largest absolute Gasteiger partial charge is 0.463 e. The van der Waals surface area contributed by atoms with Gasteiger partial charge in [-0.25, -0.2) is 0 Å². The first-order chi connectivity index (χ1) is 10.7. The number of allylic oxidation sites excluding steroid dienone is 1. The summed E-state index contributed by atoms with van der Waals surface area (Å²) in [5, 5.41) is 0. The summed E-state index contributed by atoms with van der Waals surface area (Å²) < 4.78 is 12.2. The standard InChI is InChI=1S/C20H30O3/c1-14-6-7-15-17(2,3)8-5-9-18(15,4)20(14)11-10-19(23-20)12-16(21)22-13-19/h7,14H,5-6,8-13H2,1-4H3/t14-,18+,19+,20-/m1/s1. The highest BCUT2D eigenvalue weighted by atomic mass is 16.6. The highest BCUT2D eigenvalue weighted by Gasteiger charge is 2.66. The molecule has 4 aliphatic rings. The quantitative estimate of drug-likeness (QED) is 0.490. The van der Waals surface area contributed by atoms with Gasteiger partial charge in [-0.1, -0.05) is 45.8 Å². The van der Waals surface area contributed by atoms with Crippen LogP contribution in [0.4, 0.5) is 0 Å². The molecular weight excluding hydrogens is 288 g/mol. The van der Waals surface area contributed by atoms with Crippen molar-refractivity contribution in [1.82, 2.24) is 0 Å². The molecule has 0 bridgehead atoms. The van der Waals surface area contributed by atoms with Crippen LogP contribution in [-0.2, 0) is 14.3 Å². The Kier molecular flexibility index (Phi) is 3.15. The number of ether oxygens (including phenoxy) is 2.